The maximum atomic E-state index is 10.5. The molecular formula is C9H11NO2S. The topological polar surface area (TPSA) is 38.3 Å². The Morgan fingerprint density at radius 2 is 2.46 bits per heavy atom. The van der Waals surface area contributed by atoms with Crippen molar-refractivity contribution in [1.82, 2.24) is 0 Å². The van der Waals surface area contributed by atoms with Crippen molar-refractivity contribution in [2.24, 2.45) is 0 Å². The van der Waals surface area contributed by atoms with E-state index >= 15 is 0 Å². The number of anilines is 1. The fourth-order valence-electron chi connectivity index (χ4n) is 1.29. The van der Waals surface area contributed by atoms with E-state index in [1.807, 2.05) is 6.07 Å². The number of hydrogen-bond acceptors (Lipinski definition) is 4. The van der Waals surface area contributed by atoms with Crippen LogP contribution < -0.4 is 10.1 Å². The maximum Gasteiger partial charge on any atom is 0.198 e. The molecule has 0 saturated carbocycles. The lowest BCUT2D eigenvalue weighted by Crippen LogP contribution is -2.40. The van der Waals surface area contributed by atoms with Crippen LogP contribution in [0.2, 0.25) is 0 Å². The standard InChI is InChI=1S/C9H11NO2S/c1-9(2)5-12-8-7(10-9)3-6(4-11)13-8/h3-4,10H,5H2,1-2H3. The van der Waals surface area contributed by atoms with Crippen LogP contribution in [0.4, 0.5) is 5.69 Å². The van der Waals surface area contributed by atoms with Crippen LogP contribution in [-0.4, -0.2) is 18.4 Å². The zero-order valence-electron chi connectivity index (χ0n) is 7.59. The van der Waals surface area contributed by atoms with E-state index in [2.05, 4.69) is 19.2 Å². The van der Waals surface area contributed by atoms with Gasteiger partial charge in [0.2, 0.25) is 0 Å². The Bertz CT molecular complexity index is 343. The number of ether oxygens (including phenoxy) is 1. The lowest BCUT2D eigenvalue weighted by atomic mass is 10.1. The summed E-state index contributed by atoms with van der Waals surface area (Å²) in [5.74, 6) is 0. The fourth-order valence-corrected chi connectivity index (χ4v) is 2.07. The first-order chi connectivity index (χ1) is 6.11. The second-order valence-corrected chi connectivity index (χ2v) is 4.81. The van der Waals surface area contributed by atoms with E-state index in [-0.39, 0.29) is 5.54 Å². The Kier molecular flexibility index (Phi) is 1.80. The predicted octanol–water partition coefficient (Wildman–Crippen LogP) is 2.14. The SMILES string of the molecule is CC1(C)COc2sc(C=O)cc2N1. The van der Waals surface area contributed by atoms with Crippen molar-refractivity contribution < 1.29 is 9.53 Å². The first-order valence-electron chi connectivity index (χ1n) is 4.11. The summed E-state index contributed by atoms with van der Waals surface area (Å²) in [6.45, 7) is 4.77. The highest BCUT2D eigenvalue weighted by atomic mass is 32.1. The van der Waals surface area contributed by atoms with E-state index in [1.54, 1.807) is 0 Å². The van der Waals surface area contributed by atoms with Crippen LogP contribution in [-0.2, 0) is 0 Å². The van der Waals surface area contributed by atoms with Gasteiger partial charge in [0.15, 0.2) is 11.3 Å². The van der Waals surface area contributed by atoms with Gasteiger partial charge in [0.05, 0.1) is 16.1 Å². The Balaban J connectivity index is 2.35. The van der Waals surface area contributed by atoms with E-state index in [0.717, 1.165) is 17.0 Å². The fraction of sp³-hybridized carbons (Fsp3) is 0.444. The molecule has 1 aromatic heterocycles. The number of fused-ring (bicyclic) bond motifs is 1. The Morgan fingerprint density at radius 3 is 3.15 bits per heavy atom. The molecule has 0 atom stereocenters. The highest BCUT2D eigenvalue weighted by Gasteiger charge is 2.27. The Morgan fingerprint density at radius 1 is 1.69 bits per heavy atom. The van der Waals surface area contributed by atoms with Gasteiger partial charge in [-0.25, -0.2) is 0 Å². The summed E-state index contributed by atoms with van der Waals surface area (Å²) in [6, 6.07) is 1.83. The van der Waals surface area contributed by atoms with E-state index in [0.29, 0.717) is 11.5 Å². The van der Waals surface area contributed by atoms with Gasteiger partial charge < -0.3 is 10.1 Å². The van der Waals surface area contributed by atoms with Gasteiger partial charge in [-0.1, -0.05) is 11.3 Å². The minimum atomic E-state index is -0.0474. The van der Waals surface area contributed by atoms with E-state index in [1.165, 1.54) is 11.3 Å². The second kappa shape index (κ2) is 2.73. The minimum absolute atomic E-state index is 0.0474. The van der Waals surface area contributed by atoms with E-state index in [4.69, 9.17) is 4.74 Å². The molecule has 1 N–H and O–H groups in total. The van der Waals surface area contributed by atoms with Crippen molar-refractivity contribution in [3.8, 4) is 5.06 Å². The molecule has 0 saturated heterocycles. The van der Waals surface area contributed by atoms with Crippen LogP contribution in [0.15, 0.2) is 6.07 Å². The van der Waals surface area contributed by atoms with Crippen LogP contribution in [0.1, 0.15) is 23.5 Å². The number of aldehydes is 1. The van der Waals surface area contributed by atoms with Gasteiger partial charge in [-0.3, -0.25) is 4.79 Å². The van der Waals surface area contributed by atoms with Crippen LogP contribution in [0.3, 0.4) is 0 Å². The van der Waals surface area contributed by atoms with Crippen molar-refractivity contribution in [2.75, 3.05) is 11.9 Å². The average Bonchev–Trinajstić information content (AvgIpc) is 2.44. The zero-order valence-corrected chi connectivity index (χ0v) is 8.40. The molecule has 1 aromatic rings. The predicted molar refractivity (Wildman–Crippen MR) is 52.9 cm³/mol. The molecule has 1 aliphatic rings. The molecule has 0 radical (unpaired) electrons. The molecule has 0 aromatic carbocycles. The molecule has 13 heavy (non-hydrogen) atoms. The molecule has 2 heterocycles. The summed E-state index contributed by atoms with van der Waals surface area (Å²) in [5.41, 5.74) is 0.886. The van der Waals surface area contributed by atoms with Gasteiger partial charge in [0, 0.05) is 0 Å². The third kappa shape index (κ3) is 1.54. The van der Waals surface area contributed by atoms with Crippen LogP contribution >= 0.6 is 11.3 Å². The first kappa shape index (κ1) is 8.56. The van der Waals surface area contributed by atoms with Crippen LogP contribution in [0, 0.1) is 0 Å². The molecule has 70 valence electrons. The molecule has 0 aliphatic carbocycles. The number of nitrogens with one attached hydrogen (secondary N) is 1. The van der Waals surface area contributed by atoms with E-state index < -0.39 is 0 Å². The van der Waals surface area contributed by atoms with Crippen LogP contribution in [0.5, 0.6) is 5.06 Å². The molecule has 1 aliphatic heterocycles. The lowest BCUT2D eigenvalue weighted by molar-refractivity contribution is 0.112. The third-order valence-electron chi connectivity index (χ3n) is 1.87. The molecule has 0 amide bonds. The summed E-state index contributed by atoms with van der Waals surface area (Å²) in [5, 5.41) is 4.14. The molecule has 0 fully saturated rings. The third-order valence-corrected chi connectivity index (χ3v) is 2.84. The van der Waals surface area contributed by atoms with Gasteiger partial charge in [0.25, 0.3) is 0 Å². The quantitative estimate of drug-likeness (QED) is 0.701. The first-order valence-corrected chi connectivity index (χ1v) is 4.92. The van der Waals surface area contributed by atoms with Gasteiger partial charge >= 0.3 is 0 Å². The molecule has 2 rings (SSSR count). The highest BCUT2D eigenvalue weighted by molar-refractivity contribution is 7.16. The smallest absolute Gasteiger partial charge is 0.198 e. The summed E-state index contributed by atoms with van der Waals surface area (Å²) >= 11 is 1.38. The Labute approximate surface area is 80.7 Å². The Hall–Kier alpha value is -1.03. The van der Waals surface area contributed by atoms with Gasteiger partial charge in [-0.2, -0.15) is 0 Å². The number of rotatable bonds is 1. The summed E-state index contributed by atoms with van der Waals surface area (Å²) in [4.78, 5) is 11.2. The molecule has 4 heteroatoms. The largest absolute Gasteiger partial charge is 0.480 e. The van der Waals surface area contributed by atoms with Gasteiger partial charge in [-0.15, -0.1) is 0 Å². The lowest BCUT2D eigenvalue weighted by Gasteiger charge is -2.31. The molecule has 3 nitrogen and oxygen atoms in total. The summed E-state index contributed by atoms with van der Waals surface area (Å²) in [7, 11) is 0. The number of thiophene rings is 1. The van der Waals surface area contributed by atoms with Crippen molar-refractivity contribution in [3.05, 3.63) is 10.9 Å². The summed E-state index contributed by atoms with van der Waals surface area (Å²) in [6.07, 6.45) is 0.848. The van der Waals surface area contributed by atoms with Gasteiger partial charge in [0.1, 0.15) is 6.61 Å². The van der Waals surface area contributed by atoms with Crippen molar-refractivity contribution in [3.63, 3.8) is 0 Å². The molecule has 0 spiro atoms. The number of carbonyl (C=O) groups is 1. The van der Waals surface area contributed by atoms with Crippen molar-refractivity contribution in [2.45, 2.75) is 19.4 Å². The molecular weight excluding hydrogens is 186 g/mol. The maximum absolute atomic E-state index is 10.5. The van der Waals surface area contributed by atoms with Crippen molar-refractivity contribution in [1.29, 1.82) is 0 Å². The zero-order chi connectivity index (χ0) is 9.47. The highest BCUT2D eigenvalue weighted by Crippen LogP contribution is 2.39. The van der Waals surface area contributed by atoms with E-state index in [9.17, 15) is 4.79 Å². The molecule has 0 unspecified atom stereocenters. The second-order valence-electron chi connectivity index (χ2n) is 3.77. The number of hydrogen-bond donors (Lipinski definition) is 1. The minimum Gasteiger partial charge on any atom is -0.480 e. The summed E-state index contributed by atoms with van der Waals surface area (Å²) < 4.78 is 5.52. The normalized spacial score (nSPS) is 18.3. The van der Waals surface area contributed by atoms with Crippen molar-refractivity contribution >= 4 is 23.3 Å². The monoisotopic (exact) mass is 197 g/mol. The van der Waals surface area contributed by atoms with Crippen LogP contribution in [0.25, 0.3) is 0 Å². The van der Waals surface area contributed by atoms with Gasteiger partial charge in [-0.05, 0) is 19.9 Å². The molecule has 0 bridgehead atoms. The average molecular weight is 197 g/mol. The number of carbonyl (C=O) groups excluding carboxylic acids is 1.